The van der Waals surface area contributed by atoms with Crippen LogP contribution in [0.5, 0.6) is 0 Å². The van der Waals surface area contributed by atoms with Crippen LogP contribution in [-0.4, -0.2) is 24.8 Å². The molecule has 0 atom stereocenters. The number of halogens is 1. The summed E-state index contributed by atoms with van der Waals surface area (Å²) >= 11 is 0. The van der Waals surface area contributed by atoms with Crippen LogP contribution in [0.3, 0.4) is 0 Å². The summed E-state index contributed by atoms with van der Waals surface area (Å²) in [5.41, 5.74) is 7.13. The summed E-state index contributed by atoms with van der Waals surface area (Å²) in [5.74, 6) is -0.344. The molecule has 0 saturated heterocycles. The molecule has 1 aromatic heterocycles. The number of sulfonamides is 1. The van der Waals surface area contributed by atoms with Gasteiger partial charge in [0.05, 0.1) is 17.1 Å². The maximum Gasteiger partial charge on any atom is 0.241 e. The van der Waals surface area contributed by atoms with Crippen LogP contribution in [0.4, 0.5) is 4.39 Å². The van der Waals surface area contributed by atoms with Gasteiger partial charge in [-0.05, 0) is 45.0 Å². The molecule has 6 nitrogen and oxygen atoms in total. The fourth-order valence-corrected chi connectivity index (χ4v) is 4.00. The minimum absolute atomic E-state index is 0.133. The Labute approximate surface area is 146 Å². The highest BCUT2D eigenvalue weighted by atomic mass is 32.2. The van der Waals surface area contributed by atoms with Crippen molar-refractivity contribution in [2.24, 2.45) is 10.7 Å². The van der Waals surface area contributed by atoms with Gasteiger partial charge in [0, 0.05) is 16.7 Å². The molecular formula is C17H19FN4O2S. The van der Waals surface area contributed by atoms with Crippen LogP contribution >= 0.6 is 0 Å². The molecule has 1 aliphatic rings. The number of hydrogen-bond donors (Lipinski definition) is 2. The van der Waals surface area contributed by atoms with E-state index in [1.54, 1.807) is 32.9 Å². The lowest BCUT2D eigenvalue weighted by Gasteiger charge is -2.20. The molecule has 0 amide bonds. The standard InChI is InChI=1S/C17H19FN4O2S/c1-17(2,3)22-25(23,24)11-5-6-12(13(18)8-11)14-7-4-10-9-20-16(19)15(10)21-14/h4-8,22H,9H2,1-3H3,(H2,19,20). The van der Waals surface area contributed by atoms with Gasteiger partial charge >= 0.3 is 0 Å². The average Bonchev–Trinajstić information content (AvgIpc) is 2.86. The lowest BCUT2D eigenvalue weighted by Crippen LogP contribution is -2.40. The van der Waals surface area contributed by atoms with Crippen LogP contribution in [-0.2, 0) is 16.6 Å². The van der Waals surface area contributed by atoms with Crippen molar-refractivity contribution in [3.63, 3.8) is 0 Å². The number of aliphatic imine (C=N–C) groups is 1. The number of amidine groups is 1. The maximum absolute atomic E-state index is 14.6. The van der Waals surface area contributed by atoms with Crippen molar-refractivity contribution >= 4 is 15.9 Å². The summed E-state index contributed by atoms with van der Waals surface area (Å²) in [4.78, 5) is 8.31. The molecule has 0 unspecified atom stereocenters. The molecule has 1 aliphatic heterocycles. The molecule has 25 heavy (non-hydrogen) atoms. The van der Waals surface area contributed by atoms with Crippen molar-refractivity contribution in [1.29, 1.82) is 0 Å². The summed E-state index contributed by atoms with van der Waals surface area (Å²) in [6, 6.07) is 7.23. The fourth-order valence-electron chi connectivity index (χ4n) is 2.57. The summed E-state index contributed by atoms with van der Waals surface area (Å²) in [6.07, 6.45) is 0. The van der Waals surface area contributed by atoms with Gasteiger partial charge in [-0.25, -0.2) is 22.5 Å². The first-order valence-corrected chi connectivity index (χ1v) is 9.19. The van der Waals surface area contributed by atoms with E-state index in [0.717, 1.165) is 11.6 Å². The minimum atomic E-state index is -3.81. The van der Waals surface area contributed by atoms with E-state index >= 15 is 0 Å². The zero-order chi connectivity index (χ0) is 18.4. The van der Waals surface area contributed by atoms with Gasteiger partial charge in [-0.1, -0.05) is 6.07 Å². The number of pyridine rings is 1. The molecule has 0 spiro atoms. The zero-order valence-corrected chi connectivity index (χ0v) is 15.0. The Morgan fingerprint density at radius 3 is 2.56 bits per heavy atom. The third-order valence-electron chi connectivity index (χ3n) is 3.61. The predicted molar refractivity (Wildman–Crippen MR) is 94.1 cm³/mol. The van der Waals surface area contributed by atoms with E-state index in [-0.39, 0.29) is 10.5 Å². The lowest BCUT2D eigenvalue weighted by molar-refractivity contribution is 0.491. The van der Waals surface area contributed by atoms with E-state index in [1.807, 2.05) is 0 Å². The van der Waals surface area contributed by atoms with Crippen LogP contribution in [0.15, 0.2) is 40.2 Å². The maximum atomic E-state index is 14.6. The molecule has 3 N–H and O–H groups in total. The Morgan fingerprint density at radius 1 is 1.20 bits per heavy atom. The third-order valence-corrected chi connectivity index (χ3v) is 5.36. The van der Waals surface area contributed by atoms with Gasteiger partial charge in [-0.15, -0.1) is 0 Å². The first-order chi connectivity index (χ1) is 11.6. The Kier molecular flexibility index (Phi) is 4.12. The second kappa shape index (κ2) is 5.89. The van der Waals surface area contributed by atoms with Crippen molar-refractivity contribution in [2.45, 2.75) is 37.8 Å². The first kappa shape index (κ1) is 17.5. The van der Waals surface area contributed by atoms with Crippen LogP contribution in [0, 0.1) is 5.82 Å². The quantitative estimate of drug-likeness (QED) is 0.874. The number of nitrogens with two attached hydrogens (primary N) is 1. The van der Waals surface area contributed by atoms with E-state index in [4.69, 9.17) is 5.73 Å². The average molecular weight is 362 g/mol. The van der Waals surface area contributed by atoms with E-state index in [1.165, 1.54) is 12.1 Å². The largest absolute Gasteiger partial charge is 0.382 e. The highest BCUT2D eigenvalue weighted by Gasteiger charge is 2.24. The molecule has 0 saturated carbocycles. The van der Waals surface area contributed by atoms with Gasteiger partial charge in [0.1, 0.15) is 17.3 Å². The van der Waals surface area contributed by atoms with Gasteiger partial charge in [-0.3, -0.25) is 4.99 Å². The van der Waals surface area contributed by atoms with Crippen molar-refractivity contribution in [3.8, 4) is 11.3 Å². The monoisotopic (exact) mass is 362 g/mol. The first-order valence-electron chi connectivity index (χ1n) is 7.71. The highest BCUT2D eigenvalue weighted by Crippen LogP contribution is 2.26. The van der Waals surface area contributed by atoms with Crippen LogP contribution in [0.1, 0.15) is 32.0 Å². The molecule has 1 aromatic carbocycles. The molecule has 0 aliphatic carbocycles. The van der Waals surface area contributed by atoms with Crippen LogP contribution in [0.2, 0.25) is 0 Å². The highest BCUT2D eigenvalue weighted by molar-refractivity contribution is 7.89. The van der Waals surface area contributed by atoms with Crippen molar-refractivity contribution in [1.82, 2.24) is 9.71 Å². The Balaban J connectivity index is 1.99. The summed E-state index contributed by atoms with van der Waals surface area (Å²) in [6.45, 7) is 5.62. The predicted octanol–water partition coefficient (Wildman–Crippen LogP) is 2.18. The van der Waals surface area contributed by atoms with Gasteiger partial charge in [0.25, 0.3) is 0 Å². The molecular weight excluding hydrogens is 343 g/mol. The van der Waals surface area contributed by atoms with E-state index in [9.17, 15) is 12.8 Å². The second-order valence-electron chi connectivity index (χ2n) is 6.90. The summed E-state index contributed by atoms with van der Waals surface area (Å²) in [5, 5.41) is 0. The molecule has 0 radical (unpaired) electrons. The number of fused-ring (bicyclic) bond motifs is 1. The number of nitrogens with one attached hydrogen (secondary N) is 1. The number of rotatable bonds is 3. The Hall–Kier alpha value is -2.32. The number of aromatic nitrogens is 1. The number of hydrogen-bond acceptors (Lipinski definition) is 5. The molecule has 2 aromatic rings. The number of benzene rings is 1. The topological polar surface area (TPSA) is 97.4 Å². The molecule has 0 bridgehead atoms. The fraction of sp³-hybridized carbons (Fsp3) is 0.294. The van der Waals surface area contributed by atoms with Gasteiger partial charge in [0.15, 0.2) is 0 Å². The second-order valence-corrected chi connectivity index (χ2v) is 8.59. The number of nitrogens with zero attached hydrogens (tertiary/aromatic N) is 2. The Morgan fingerprint density at radius 2 is 1.92 bits per heavy atom. The van der Waals surface area contributed by atoms with Crippen molar-refractivity contribution < 1.29 is 12.8 Å². The van der Waals surface area contributed by atoms with Crippen molar-refractivity contribution in [2.75, 3.05) is 0 Å². The van der Waals surface area contributed by atoms with Gasteiger partial charge < -0.3 is 5.73 Å². The van der Waals surface area contributed by atoms with E-state index in [2.05, 4.69) is 14.7 Å². The zero-order valence-electron chi connectivity index (χ0n) is 14.2. The van der Waals surface area contributed by atoms with Gasteiger partial charge in [-0.2, -0.15) is 0 Å². The lowest BCUT2D eigenvalue weighted by atomic mass is 10.1. The SMILES string of the molecule is CC(C)(C)NS(=O)(=O)c1ccc(-c2ccc3c(n2)C(N)=NC3)c(F)c1. The molecule has 132 valence electrons. The normalized spacial score (nSPS) is 14.3. The molecule has 2 heterocycles. The molecule has 3 rings (SSSR count). The van der Waals surface area contributed by atoms with Gasteiger partial charge in [0.2, 0.25) is 10.0 Å². The molecule has 0 fully saturated rings. The van der Waals surface area contributed by atoms with E-state index in [0.29, 0.717) is 23.8 Å². The van der Waals surface area contributed by atoms with Crippen LogP contribution < -0.4 is 10.5 Å². The molecule has 8 heteroatoms. The summed E-state index contributed by atoms with van der Waals surface area (Å²) < 4.78 is 41.7. The Bertz CT molecular complexity index is 979. The van der Waals surface area contributed by atoms with Crippen LogP contribution in [0.25, 0.3) is 11.3 Å². The minimum Gasteiger partial charge on any atom is -0.382 e. The smallest absolute Gasteiger partial charge is 0.241 e. The van der Waals surface area contributed by atoms with Crippen molar-refractivity contribution in [3.05, 3.63) is 47.4 Å². The third kappa shape index (κ3) is 3.54. The van der Waals surface area contributed by atoms with E-state index < -0.39 is 21.4 Å². The summed E-state index contributed by atoms with van der Waals surface area (Å²) in [7, 11) is -3.81.